The third-order valence-corrected chi connectivity index (χ3v) is 14.7. The van der Waals surface area contributed by atoms with Crippen LogP contribution in [0, 0.1) is 0 Å². The molecule has 0 aromatic carbocycles. The highest BCUT2D eigenvalue weighted by molar-refractivity contribution is 5.71. The minimum atomic E-state index is -0.779. The van der Waals surface area contributed by atoms with Crippen molar-refractivity contribution in [3.8, 4) is 0 Å². The summed E-state index contributed by atoms with van der Waals surface area (Å²) in [6, 6.07) is 0. The third-order valence-electron chi connectivity index (χ3n) is 14.7. The first-order chi connectivity index (χ1) is 38.0. The topological polar surface area (TPSA) is 78.9 Å². The molecule has 0 heterocycles. The van der Waals surface area contributed by atoms with Crippen LogP contribution < -0.4 is 0 Å². The number of allylic oxidation sites excluding steroid dienone is 12. The number of ether oxygens (including phenoxy) is 3. The van der Waals surface area contributed by atoms with Gasteiger partial charge in [-0.05, 0) is 96.3 Å². The van der Waals surface area contributed by atoms with E-state index in [2.05, 4.69) is 93.7 Å². The Balaban J connectivity index is 4.08. The number of carbonyl (C=O) groups is 3. The molecule has 0 saturated heterocycles. The number of hydrogen-bond acceptors (Lipinski definition) is 6. The first-order valence-corrected chi connectivity index (χ1v) is 33.4. The monoisotopic (exact) mass is 1070 g/mol. The number of esters is 3. The Morgan fingerprint density at radius 2 is 0.468 bits per heavy atom. The molecule has 0 amide bonds. The Labute approximate surface area is 478 Å². The van der Waals surface area contributed by atoms with Crippen molar-refractivity contribution >= 4 is 17.9 Å². The molecule has 0 rings (SSSR count). The van der Waals surface area contributed by atoms with Crippen LogP contribution in [0.5, 0.6) is 0 Å². The van der Waals surface area contributed by atoms with Crippen LogP contribution in [-0.2, 0) is 28.6 Å². The van der Waals surface area contributed by atoms with Crippen molar-refractivity contribution in [3.63, 3.8) is 0 Å². The SMILES string of the molecule is CCCCCCC/C=C\C/C=C\C/C=C\CCCCCCCCCCCCCCCCCCC(=O)OCC(COC(=O)CCCCCCCCC)OC(=O)CCCCCCCC/C=C\C/C=C\C/C=C\CCCCCCC. The first-order valence-electron chi connectivity index (χ1n) is 33.4. The minimum Gasteiger partial charge on any atom is -0.462 e. The van der Waals surface area contributed by atoms with Gasteiger partial charge in [-0.1, -0.05) is 299 Å². The summed E-state index contributed by atoms with van der Waals surface area (Å²) in [6.07, 6.45) is 85.2. The maximum atomic E-state index is 12.9. The predicted octanol–water partition coefficient (Wildman–Crippen LogP) is 22.9. The zero-order chi connectivity index (χ0) is 55.7. The van der Waals surface area contributed by atoms with Crippen LogP contribution in [0.1, 0.15) is 342 Å². The van der Waals surface area contributed by atoms with Crippen LogP contribution >= 0.6 is 0 Å². The molecular formula is C71H126O6. The summed E-state index contributed by atoms with van der Waals surface area (Å²) in [6.45, 7) is 6.60. The highest BCUT2D eigenvalue weighted by atomic mass is 16.6. The fraction of sp³-hybridized carbons (Fsp3) is 0.789. The number of carbonyl (C=O) groups excluding carboxylic acids is 3. The number of hydrogen-bond donors (Lipinski definition) is 0. The zero-order valence-corrected chi connectivity index (χ0v) is 51.2. The quantitative estimate of drug-likeness (QED) is 0.0261. The predicted molar refractivity (Wildman–Crippen MR) is 335 cm³/mol. The first kappa shape index (κ1) is 73.8. The van der Waals surface area contributed by atoms with Crippen molar-refractivity contribution in [2.45, 2.75) is 348 Å². The molecule has 6 nitrogen and oxygen atoms in total. The molecule has 1 unspecified atom stereocenters. The molecule has 0 radical (unpaired) electrons. The molecule has 6 heteroatoms. The Hall–Kier alpha value is -3.15. The van der Waals surface area contributed by atoms with E-state index in [1.54, 1.807) is 0 Å². The van der Waals surface area contributed by atoms with E-state index in [-0.39, 0.29) is 31.1 Å². The lowest BCUT2D eigenvalue weighted by atomic mass is 10.0. The molecule has 0 aliphatic rings. The van der Waals surface area contributed by atoms with Gasteiger partial charge in [0.1, 0.15) is 13.2 Å². The largest absolute Gasteiger partial charge is 0.462 e. The number of rotatable bonds is 61. The van der Waals surface area contributed by atoms with Crippen LogP contribution in [-0.4, -0.2) is 37.2 Å². The van der Waals surface area contributed by atoms with Gasteiger partial charge in [-0.3, -0.25) is 14.4 Å². The molecule has 1 atom stereocenters. The van der Waals surface area contributed by atoms with Gasteiger partial charge in [0.25, 0.3) is 0 Å². The van der Waals surface area contributed by atoms with Gasteiger partial charge in [-0.15, -0.1) is 0 Å². The van der Waals surface area contributed by atoms with Crippen molar-refractivity contribution in [1.29, 1.82) is 0 Å². The molecule has 446 valence electrons. The summed E-state index contributed by atoms with van der Waals surface area (Å²) >= 11 is 0. The van der Waals surface area contributed by atoms with E-state index in [9.17, 15) is 14.4 Å². The molecule has 77 heavy (non-hydrogen) atoms. The molecule has 0 fully saturated rings. The van der Waals surface area contributed by atoms with Gasteiger partial charge in [0.2, 0.25) is 0 Å². The van der Waals surface area contributed by atoms with Gasteiger partial charge in [0, 0.05) is 19.3 Å². The third kappa shape index (κ3) is 63.6. The van der Waals surface area contributed by atoms with Crippen LogP contribution in [0.15, 0.2) is 72.9 Å². The van der Waals surface area contributed by atoms with E-state index >= 15 is 0 Å². The average Bonchev–Trinajstić information content (AvgIpc) is 3.43. The molecule has 0 aliphatic heterocycles. The summed E-state index contributed by atoms with van der Waals surface area (Å²) in [5.74, 6) is -0.883. The summed E-state index contributed by atoms with van der Waals surface area (Å²) in [4.78, 5) is 38.1. The molecule has 0 aromatic heterocycles. The maximum Gasteiger partial charge on any atom is 0.306 e. The van der Waals surface area contributed by atoms with Gasteiger partial charge in [0.15, 0.2) is 6.10 Å². The number of unbranched alkanes of at least 4 members (excludes halogenated alkanes) is 38. The maximum absolute atomic E-state index is 12.9. The molecule has 0 N–H and O–H groups in total. The molecular weight excluding hydrogens is 949 g/mol. The van der Waals surface area contributed by atoms with Gasteiger partial charge >= 0.3 is 17.9 Å². The second-order valence-electron chi connectivity index (χ2n) is 22.4. The average molecular weight is 1080 g/mol. The van der Waals surface area contributed by atoms with Gasteiger partial charge in [-0.25, -0.2) is 0 Å². The van der Waals surface area contributed by atoms with E-state index in [0.717, 1.165) is 96.3 Å². The lowest BCUT2D eigenvalue weighted by Crippen LogP contribution is -2.30. The van der Waals surface area contributed by atoms with Gasteiger partial charge in [0.05, 0.1) is 0 Å². The van der Waals surface area contributed by atoms with Crippen LogP contribution in [0.4, 0.5) is 0 Å². The Morgan fingerprint density at radius 3 is 0.727 bits per heavy atom. The van der Waals surface area contributed by atoms with Gasteiger partial charge < -0.3 is 14.2 Å². The van der Waals surface area contributed by atoms with Crippen LogP contribution in [0.3, 0.4) is 0 Å². The molecule has 0 aliphatic carbocycles. The highest BCUT2D eigenvalue weighted by Crippen LogP contribution is 2.17. The second kappa shape index (κ2) is 65.4. The Bertz CT molecular complexity index is 1420. The van der Waals surface area contributed by atoms with Crippen molar-refractivity contribution in [2.75, 3.05) is 13.2 Å². The normalized spacial score (nSPS) is 12.5. The van der Waals surface area contributed by atoms with Gasteiger partial charge in [-0.2, -0.15) is 0 Å². The Morgan fingerprint density at radius 1 is 0.260 bits per heavy atom. The molecule has 0 aromatic rings. The smallest absolute Gasteiger partial charge is 0.306 e. The van der Waals surface area contributed by atoms with Crippen molar-refractivity contribution in [2.24, 2.45) is 0 Å². The lowest BCUT2D eigenvalue weighted by molar-refractivity contribution is -0.167. The summed E-state index contributed by atoms with van der Waals surface area (Å²) in [7, 11) is 0. The fourth-order valence-electron chi connectivity index (χ4n) is 9.64. The Kier molecular flexibility index (Phi) is 62.7. The summed E-state index contributed by atoms with van der Waals surface area (Å²) in [5, 5.41) is 0. The molecule has 0 saturated carbocycles. The summed E-state index contributed by atoms with van der Waals surface area (Å²) < 4.78 is 16.8. The lowest BCUT2D eigenvalue weighted by Gasteiger charge is -2.18. The van der Waals surface area contributed by atoms with Crippen molar-refractivity contribution < 1.29 is 28.6 Å². The highest BCUT2D eigenvalue weighted by Gasteiger charge is 2.19. The summed E-state index contributed by atoms with van der Waals surface area (Å²) in [5.41, 5.74) is 0. The molecule has 0 bridgehead atoms. The zero-order valence-electron chi connectivity index (χ0n) is 51.2. The molecule has 0 spiro atoms. The van der Waals surface area contributed by atoms with E-state index in [1.807, 2.05) is 0 Å². The van der Waals surface area contributed by atoms with Crippen molar-refractivity contribution in [1.82, 2.24) is 0 Å². The van der Waals surface area contributed by atoms with E-state index < -0.39 is 6.10 Å². The van der Waals surface area contributed by atoms with Crippen molar-refractivity contribution in [3.05, 3.63) is 72.9 Å². The van der Waals surface area contributed by atoms with E-state index in [1.165, 1.54) is 205 Å². The minimum absolute atomic E-state index is 0.0779. The standard InChI is InChI=1S/C71H126O6/c1-4-7-10-13-16-18-20-22-24-26-28-30-31-32-33-34-35-36-37-38-39-41-42-44-46-48-50-52-55-58-61-64-70(73)76-67-68(66-75-69(72)63-60-57-54-15-12-9-6-3)77-71(74)65-62-59-56-53-51-49-47-45-43-40-29-27-25-23-21-19-17-14-11-8-5-2/h20-23,26-29,31-32,43,45,68H,4-19,24-25,30,33-42,44,46-67H2,1-3H3/b22-20-,23-21-,28-26-,29-27-,32-31-,45-43-. The van der Waals surface area contributed by atoms with Crippen LogP contribution in [0.2, 0.25) is 0 Å². The fourth-order valence-corrected chi connectivity index (χ4v) is 9.64. The van der Waals surface area contributed by atoms with E-state index in [4.69, 9.17) is 14.2 Å². The second-order valence-corrected chi connectivity index (χ2v) is 22.4. The van der Waals surface area contributed by atoms with E-state index in [0.29, 0.717) is 19.3 Å². The van der Waals surface area contributed by atoms with Crippen LogP contribution in [0.25, 0.3) is 0 Å².